The Balaban J connectivity index is 1.84. The number of ether oxygens (including phenoxy) is 2. The maximum absolute atomic E-state index is 14.4. The van der Waals surface area contributed by atoms with Gasteiger partial charge in [0.15, 0.2) is 0 Å². The predicted molar refractivity (Wildman–Crippen MR) is 131 cm³/mol. The molecule has 2 bridgehead atoms. The summed E-state index contributed by atoms with van der Waals surface area (Å²) in [4.78, 5) is 44.3. The molecule has 3 saturated heterocycles. The molecule has 190 valence electrons. The summed E-state index contributed by atoms with van der Waals surface area (Å²) in [6.45, 7) is 9.32. The van der Waals surface area contributed by atoms with Crippen molar-refractivity contribution in [1.82, 2.24) is 4.90 Å². The van der Waals surface area contributed by atoms with E-state index in [0.29, 0.717) is 23.6 Å². The van der Waals surface area contributed by atoms with Gasteiger partial charge in [-0.05, 0) is 37.8 Å². The van der Waals surface area contributed by atoms with Crippen molar-refractivity contribution in [3.8, 4) is 0 Å². The zero-order valence-electron chi connectivity index (χ0n) is 20.4. The smallest absolute Gasteiger partial charge is 0.312 e. The van der Waals surface area contributed by atoms with Gasteiger partial charge >= 0.3 is 5.97 Å². The lowest BCUT2D eigenvalue weighted by Crippen LogP contribution is -2.59. The number of aliphatic hydroxyl groups is 1. The number of fused-ring (bicyclic) bond motifs is 1. The normalized spacial score (nSPS) is 29.9. The molecule has 8 nitrogen and oxygen atoms in total. The van der Waals surface area contributed by atoms with Gasteiger partial charge in [0.1, 0.15) is 11.6 Å². The Morgan fingerprint density at radius 2 is 2.11 bits per heavy atom. The van der Waals surface area contributed by atoms with Gasteiger partial charge in [-0.2, -0.15) is 0 Å². The van der Waals surface area contributed by atoms with Crippen molar-refractivity contribution in [1.29, 1.82) is 0 Å². The van der Waals surface area contributed by atoms with Gasteiger partial charge in [0.25, 0.3) is 5.91 Å². The van der Waals surface area contributed by atoms with Gasteiger partial charge in [-0.25, -0.2) is 0 Å². The van der Waals surface area contributed by atoms with Crippen LogP contribution in [0.1, 0.15) is 33.6 Å². The molecule has 0 aromatic heterocycles. The minimum Gasteiger partial charge on any atom is -0.466 e. The number of nitrogens with zero attached hydrogens (tertiary/aromatic N) is 2. The van der Waals surface area contributed by atoms with Crippen molar-refractivity contribution in [2.75, 3.05) is 24.7 Å². The minimum absolute atomic E-state index is 0.138. The SMILES string of the molecule is C=CCN(C(=O)C1N([C@@H](CO)C(C)C)C(=O)[C@@H]2[C@@H](C(=O)OCC)[C@H]3CCC12O3)c1ccccc1Cl. The molecule has 0 radical (unpaired) electrons. The molecule has 1 spiro atoms. The number of hydrogen-bond acceptors (Lipinski definition) is 6. The van der Waals surface area contributed by atoms with E-state index in [1.54, 1.807) is 37.3 Å². The highest BCUT2D eigenvalue weighted by Crippen LogP contribution is 2.59. The molecule has 4 rings (SSSR count). The summed E-state index contributed by atoms with van der Waals surface area (Å²) in [5.41, 5.74) is -0.690. The van der Waals surface area contributed by atoms with Crippen LogP contribution in [0.25, 0.3) is 0 Å². The lowest BCUT2D eigenvalue weighted by molar-refractivity contribution is -0.155. The van der Waals surface area contributed by atoms with Crippen LogP contribution >= 0.6 is 11.6 Å². The standard InChI is InChI=1S/C26H33ClN2O6/c1-5-13-28(17-10-8-7-9-16(17)27)24(32)22-26-12-11-19(35-26)20(25(33)34-6-2)21(26)23(31)29(22)18(14-30)15(3)4/h5,7-10,15,18-22,30H,1,6,11-14H2,2-4H3/t18-,19+,20-,21-,22?,26?/m0/s1. The quantitative estimate of drug-likeness (QED) is 0.410. The number of rotatable bonds is 9. The molecular weight excluding hydrogens is 472 g/mol. The number of halogens is 1. The molecule has 1 aromatic rings. The zero-order chi connectivity index (χ0) is 25.5. The third-order valence-electron chi connectivity index (χ3n) is 7.57. The van der Waals surface area contributed by atoms with Crippen LogP contribution in [0.15, 0.2) is 36.9 Å². The zero-order valence-corrected chi connectivity index (χ0v) is 21.1. The molecular formula is C26H33ClN2O6. The van der Waals surface area contributed by atoms with Gasteiger partial charge in [-0.3, -0.25) is 14.4 Å². The second kappa shape index (κ2) is 9.91. The van der Waals surface area contributed by atoms with Crippen molar-refractivity contribution in [3.05, 3.63) is 41.9 Å². The number of benzene rings is 1. The first-order chi connectivity index (χ1) is 16.7. The van der Waals surface area contributed by atoms with Crippen molar-refractivity contribution in [2.45, 2.75) is 57.4 Å². The van der Waals surface area contributed by atoms with Gasteiger partial charge in [0, 0.05) is 6.54 Å². The van der Waals surface area contributed by atoms with E-state index in [2.05, 4.69) is 6.58 Å². The molecule has 2 amide bonds. The number of carbonyl (C=O) groups excluding carboxylic acids is 3. The van der Waals surface area contributed by atoms with Crippen LogP contribution in [0.4, 0.5) is 5.69 Å². The molecule has 3 fully saturated rings. The fourth-order valence-corrected chi connectivity index (χ4v) is 6.35. The highest BCUT2D eigenvalue weighted by atomic mass is 35.5. The lowest BCUT2D eigenvalue weighted by atomic mass is 9.70. The summed E-state index contributed by atoms with van der Waals surface area (Å²) in [5, 5.41) is 10.7. The fourth-order valence-electron chi connectivity index (χ4n) is 6.11. The molecule has 1 aromatic carbocycles. The molecule has 0 saturated carbocycles. The van der Waals surface area contributed by atoms with Crippen LogP contribution in [0.2, 0.25) is 5.02 Å². The number of likely N-dealkylation sites (tertiary alicyclic amines) is 1. The Morgan fingerprint density at radius 1 is 1.40 bits per heavy atom. The van der Waals surface area contributed by atoms with Gasteiger partial charge in [-0.15, -0.1) is 6.58 Å². The van der Waals surface area contributed by atoms with Gasteiger partial charge < -0.3 is 24.4 Å². The fraction of sp³-hybridized carbons (Fsp3) is 0.577. The van der Waals surface area contributed by atoms with E-state index in [0.717, 1.165) is 0 Å². The number of carbonyl (C=O) groups is 3. The summed E-state index contributed by atoms with van der Waals surface area (Å²) in [6, 6.07) is 5.33. The molecule has 3 heterocycles. The monoisotopic (exact) mass is 504 g/mol. The lowest BCUT2D eigenvalue weighted by Gasteiger charge is -2.40. The minimum atomic E-state index is -1.18. The molecule has 2 unspecified atom stereocenters. The van der Waals surface area contributed by atoms with Gasteiger partial charge in [0.05, 0.1) is 47.9 Å². The van der Waals surface area contributed by atoms with Crippen LogP contribution in [0.5, 0.6) is 0 Å². The van der Waals surface area contributed by atoms with Crippen molar-refractivity contribution >= 4 is 35.1 Å². The van der Waals surface area contributed by atoms with Crippen LogP contribution in [-0.4, -0.2) is 71.3 Å². The number of anilines is 1. The highest BCUT2D eigenvalue weighted by molar-refractivity contribution is 6.34. The molecule has 9 heteroatoms. The van der Waals surface area contributed by atoms with E-state index in [9.17, 15) is 19.5 Å². The Morgan fingerprint density at radius 3 is 2.71 bits per heavy atom. The van der Waals surface area contributed by atoms with E-state index in [-0.39, 0.29) is 37.5 Å². The predicted octanol–water partition coefficient (Wildman–Crippen LogP) is 2.81. The first-order valence-corrected chi connectivity index (χ1v) is 12.6. The number of para-hydroxylation sites is 1. The maximum Gasteiger partial charge on any atom is 0.312 e. The Bertz CT molecular complexity index is 1020. The Kier molecular flexibility index (Phi) is 7.27. The van der Waals surface area contributed by atoms with E-state index < -0.39 is 41.6 Å². The first-order valence-electron chi connectivity index (χ1n) is 12.2. The molecule has 35 heavy (non-hydrogen) atoms. The first kappa shape index (κ1) is 25.7. The van der Waals surface area contributed by atoms with E-state index in [4.69, 9.17) is 21.1 Å². The van der Waals surface area contributed by atoms with Crippen LogP contribution in [-0.2, 0) is 23.9 Å². The van der Waals surface area contributed by atoms with Crippen molar-refractivity contribution < 1.29 is 29.0 Å². The van der Waals surface area contributed by atoms with E-state index in [1.165, 1.54) is 9.80 Å². The number of aliphatic hydroxyl groups excluding tert-OH is 1. The average molecular weight is 505 g/mol. The van der Waals surface area contributed by atoms with Gasteiger partial charge in [0.2, 0.25) is 5.91 Å². The summed E-state index contributed by atoms with van der Waals surface area (Å²) < 4.78 is 11.7. The van der Waals surface area contributed by atoms with Crippen molar-refractivity contribution in [3.63, 3.8) is 0 Å². The van der Waals surface area contributed by atoms with E-state index >= 15 is 0 Å². The largest absolute Gasteiger partial charge is 0.466 e. The number of hydrogen-bond donors (Lipinski definition) is 1. The Labute approximate surface area is 210 Å². The second-order valence-corrected chi connectivity index (χ2v) is 10.1. The summed E-state index contributed by atoms with van der Waals surface area (Å²) in [5.74, 6) is -2.98. The average Bonchev–Trinajstić information content (AvgIpc) is 3.46. The topological polar surface area (TPSA) is 96.4 Å². The highest BCUT2D eigenvalue weighted by Gasteiger charge is 2.75. The van der Waals surface area contributed by atoms with Crippen LogP contribution < -0.4 is 4.90 Å². The van der Waals surface area contributed by atoms with E-state index in [1.807, 2.05) is 13.8 Å². The molecule has 0 aliphatic carbocycles. The van der Waals surface area contributed by atoms with Gasteiger partial charge in [-0.1, -0.05) is 43.7 Å². The summed E-state index contributed by atoms with van der Waals surface area (Å²) in [7, 11) is 0. The second-order valence-electron chi connectivity index (χ2n) is 9.74. The number of amides is 2. The molecule has 6 atom stereocenters. The Hall–Kier alpha value is -2.42. The third kappa shape index (κ3) is 3.96. The third-order valence-corrected chi connectivity index (χ3v) is 7.89. The molecule has 3 aliphatic heterocycles. The summed E-state index contributed by atoms with van der Waals surface area (Å²) in [6.07, 6.45) is 2.11. The van der Waals surface area contributed by atoms with Crippen LogP contribution in [0.3, 0.4) is 0 Å². The molecule has 1 N–H and O–H groups in total. The maximum atomic E-state index is 14.4. The number of esters is 1. The van der Waals surface area contributed by atoms with Crippen molar-refractivity contribution in [2.24, 2.45) is 17.8 Å². The summed E-state index contributed by atoms with van der Waals surface area (Å²) >= 11 is 6.46. The van der Waals surface area contributed by atoms with Crippen LogP contribution in [0, 0.1) is 17.8 Å². The molecule has 3 aliphatic rings.